The van der Waals surface area contributed by atoms with Crippen LogP contribution in [0, 0.1) is 0 Å². The zero-order valence-electron chi connectivity index (χ0n) is 12.7. The van der Waals surface area contributed by atoms with E-state index in [0.717, 1.165) is 31.1 Å². The second-order valence-corrected chi connectivity index (χ2v) is 4.97. The maximum absolute atomic E-state index is 5.09. The highest BCUT2D eigenvalue weighted by Crippen LogP contribution is 2.21. The van der Waals surface area contributed by atoms with E-state index in [1.807, 2.05) is 42.3 Å². The number of ether oxygens (including phenoxy) is 1. The second kappa shape index (κ2) is 6.48. The summed E-state index contributed by atoms with van der Waals surface area (Å²) in [6, 6.07) is 9.83. The van der Waals surface area contributed by atoms with Gasteiger partial charge in [-0.15, -0.1) is 5.10 Å². The maximum atomic E-state index is 5.09. The number of nitrogens with zero attached hydrogens (tertiary/aromatic N) is 6. The molecule has 0 saturated carbocycles. The Hall–Kier alpha value is -2.54. The molecule has 0 radical (unpaired) electrons. The number of benzene rings is 1. The molecule has 0 aliphatic rings. The molecule has 0 atom stereocenters. The number of hydrogen-bond donors (Lipinski definition) is 0. The van der Waals surface area contributed by atoms with Crippen molar-refractivity contribution in [2.75, 3.05) is 32.2 Å². The van der Waals surface area contributed by atoms with E-state index in [4.69, 9.17) is 4.74 Å². The molecule has 3 rings (SSSR count). The van der Waals surface area contributed by atoms with Crippen LogP contribution in [0.5, 0.6) is 0 Å². The lowest BCUT2D eigenvalue weighted by molar-refractivity contribution is 0.196. The van der Waals surface area contributed by atoms with Gasteiger partial charge >= 0.3 is 0 Å². The van der Waals surface area contributed by atoms with Crippen molar-refractivity contribution in [3.8, 4) is 5.69 Å². The molecule has 0 aliphatic heterocycles. The van der Waals surface area contributed by atoms with Crippen molar-refractivity contribution in [1.82, 2.24) is 25.0 Å². The van der Waals surface area contributed by atoms with Crippen molar-refractivity contribution in [3.05, 3.63) is 36.7 Å². The van der Waals surface area contributed by atoms with Crippen LogP contribution < -0.4 is 4.90 Å². The number of aromatic nitrogens is 5. The van der Waals surface area contributed by atoms with E-state index < -0.39 is 0 Å². The van der Waals surface area contributed by atoms with Crippen LogP contribution in [0.4, 0.5) is 5.82 Å². The summed E-state index contributed by atoms with van der Waals surface area (Å²) in [5.41, 5.74) is 2.33. The van der Waals surface area contributed by atoms with Gasteiger partial charge in [-0.3, -0.25) is 0 Å². The lowest BCUT2D eigenvalue weighted by Gasteiger charge is -2.17. The van der Waals surface area contributed by atoms with E-state index in [-0.39, 0.29) is 0 Å². The molecule has 0 N–H and O–H groups in total. The van der Waals surface area contributed by atoms with Gasteiger partial charge in [0.1, 0.15) is 6.33 Å². The Bertz CT molecular complexity index is 742. The number of hydrogen-bond acceptors (Lipinski definition) is 6. The first-order chi connectivity index (χ1) is 10.8. The fourth-order valence-electron chi connectivity index (χ4n) is 2.31. The molecule has 22 heavy (non-hydrogen) atoms. The van der Waals surface area contributed by atoms with Crippen molar-refractivity contribution >= 4 is 17.0 Å². The van der Waals surface area contributed by atoms with Gasteiger partial charge in [0, 0.05) is 27.3 Å². The van der Waals surface area contributed by atoms with E-state index in [2.05, 4.69) is 20.3 Å². The molecule has 0 saturated heterocycles. The number of para-hydroxylation sites is 1. The SMILES string of the molecule is COCCCN(C)c1ncnc2c1nnn2-c1ccccc1. The molecule has 2 aromatic heterocycles. The largest absolute Gasteiger partial charge is 0.385 e. The van der Waals surface area contributed by atoms with Gasteiger partial charge in [-0.1, -0.05) is 23.4 Å². The van der Waals surface area contributed by atoms with E-state index in [1.165, 1.54) is 0 Å². The Morgan fingerprint density at radius 2 is 2.00 bits per heavy atom. The Balaban J connectivity index is 1.95. The summed E-state index contributed by atoms with van der Waals surface area (Å²) >= 11 is 0. The summed E-state index contributed by atoms with van der Waals surface area (Å²) < 4.78 is 6.81. The average molecular weight is 298 g/mol. The van der Waals surface area contributed by atoms with Gasteiger partial charge in [0.05, 0.1) is 5.69 Å². The zero-order valence-corrected chi connectivity index (χ0v) is 12.7. The molecule has 0 bridgehead atoms. The number of anilines is 1. The Morgan fingerprint density at radius 3 is 2.77 bits per heavy atom. The summed E-state index contributed by atoms with van der Waals surface area (Å²) in [5, 5.41) is 8.48. The highest BCUT2D eigenvalue weighted by Gasteiger charge is 2.15. The quantitative estimate of drug-likeness (QED) is 0.645. The first-order valence-corrected chi connectivity index (χ1v) is 7.13. The molecule has 7 nitrogen and oxygen atoms in total. The third-order valence-electron chi connectivity index (χ3n) is 3.42. The highest BCUT2D eigenvalue weighted by atomic mass is 16.5. The molecular formula is C15H18N6O. The first kappa shape index (κ1) is 14.4. The van der Waals surface area contributed by atoms with Gasteiger partial charge in [0.2, 0.25) is 0 Å². The van der Waals surface area contributed by atoms with Crippen LogP contribution in [0.2, 0.25) is 0 Å². The second-order valence-electron chi connectivity index (χ2n) is 4.97. The predicted molar refractivity (Wildman–Crippen MR) is 84.2 cm³/mol. The maximum Gasteiger partial charge on any atom is 0.189 e. The average Bonchev–Trinajstić information content (AvgIpc) is 2.99. The number of rotatable bonds is 6. The monoisotopic (exact) mass is 298 g/mol. The van der Waals surface area contributed by atoms with E-state index >= 15 is 0 Å². The molecule has 0 unspecified atom stereocenters. The van der Waals surface area contributed by atoms with Crippen LogP contribution in [-0.4, -0.2) is 52.3 Å². The molecule has 7 heteroatoms. The molecule has 0 amide bonds. The van der Waals surface area contributed by atoms with E-state index in [0.29, 0.717) is 11.2 Å². The van der Waals surface area contributed by atoms with E-state index in [1.54, 1.807) is 18.1 Å². The molecule has 0 aliphatic carbocycles. The van der Waals surface area contributed by atoms with Crippen LogP contribution in [-0.2, 0) is 4.74 Å². The summed E-state index contributed by atoms with van der Waals surface area (Å²) in [4.78, 5) is 10.7. The third-order valence-corrected chi connectivity index (χ3v) is 3.42. The van der Waals surface area contributed by atoms with Crippen molar-refractivity contribution in [2.24, 2.45) is 0 Å². The molecule has 3 aromatic rings. The van der Waals surface area contributed by atoms with Crippen molar-refractivity contribution in [3.63, 3.8) is 0 Å². The molecule has 114 valence electrons. The van der Waals surface area contributed by atoms with Gasteiger partial charge in [-0.25, -0.2) is 9.97 Å². The molecule has 1 aromatic carbocycles. The summed E-state index contributed by atoms with van der Waals surface area (Å²) in [6.07, 6.45) is 2.47. The fourth-order valence-corrected chi connectivity index (χ4v) is 2.31. The molecule has 0 spiro atoms. The van der Waals surface area contributed by atoms with Crippen LogP contribution in [0.1, 0.15) is 6.42 Å². The van der Waals surface area contributed by atoms with Crippen LogP contribution in [0.15, 0.2) is 36.7 Å². The summed E-state index contributed by atoms with van der Waals surface area (Å²) in [7, 11) is 3.69. The predicted octanol–water partition coefficient (Wildman–Crippen LogP) is 1.68. The highest BCUT2D eigenvalue weighted by molar-refractivity contribution is 5.83. The van der Waals surface area contributed by atoms with Crippen molar-refractivity contribution < 1.29 is 4.74 Å². The first-order valence-electron chi connectivity index (χ1n) is 7.13. The standard InChI is InChI=1S/C15H18N6O/c1-20(9-6-10-22-2)14-13-15(17-11-16-14)21(19-18-13)12-7-4-3-5-8-12/h3-5,7-8,11H,6,9-10H2,1-2H3. The number of fused-ring (bicyclic) bond motifs is 1. The van der Waals surface area contributed by atoms with Gasteiger partial charge in [-0.2, -0.15) is 4.68 Å². The Morgan fingerprint density at radius 1 is 1.18 bits per heavy atom. The lowest BCUT2D eigenvalue weighted by Crippen LogP contribution is -2.21. The lowest BCUT2D eigenvalue weighted by atomic mass is 10.3. The normalized spacial score (nSPS) is 11.0. The van der Waals surface area contributed by atoms with Gasteiger partial charge < -0.3 is 9.64 Å². The van der Waals surface area contributed by atoms with Gasteiger partial charge in [-0.05, 0) is 18.6 Å². The third kappa shape index (κ3) is 2.75. The molecule has 0 fully saturated rings. The van der Waals surface area contributed by atoms with Crippen molar-refractivity contribution in [2.45, 2.75) is 6.42 Å². The molecule has 2 heterocycles. The summed E-state index contributed by atoms with van der Waals surface area (Å²) in [5.74, 6) is 0.781. The smallest absolute Gasteiger partial charge is 0.189 e. The van der Waals surface area contributed by atoms with Crippen LogP contribution >= 0.6 is 0 Å². The minimum Gasteiger partial charge on any atom is -0.385 e. The van der Waals surface area contributed by atoms with Crippen LogP contribution in [0.25, 0.3) is 16.9 Å². The minimum atomic E-state index is 0.700. The zero-order chi connectivity index (χ0) is 15.4. The van der Waals surface area contributed by atoms with Crippen molar-refractivity contribution in [1.29, 1.82) is 0 Å². The Kier molecular flexibility index (Phi) is 4.24. The topological polar surface area (TPSA) is 69.0 Å². The Labute approximate surface area is 128 Å². The summed E-state index contributed by atoms with van der Waals surface area (Å²) in [6.45, 7) is 1.55. The van der Waals surface area contributed by atoms with Gasteiger partial charge in [0.25, 0.3) is 0 Å². The fraction of sp³-hybridized carbons (Fsp3) is 0.333. The number of methoxy groups -OCH3 is 1. The van der Waals surface area contributed by atoms with E-state index in [9.17, 15) is 0 Å². The minimum absolute atomic E-state index is 0.700. The van der Waals surface area contributed by atoms with Crippen LogP contribution in [0.3, 0.4) is 0 Å². The molecular weight excluding hydrogens is 280 g/mol. The van der Waals surface area contributed by atoms with Gasteiger partial charge in [0.15, 0.2) is 17.0 Å².